The van der Waals surface area contributed by atoms with Crippen molar-refractivity contribution >= 4 is 44.9 Å². The molecule has 2 aromatic carbocycles. The highest BCUT2D eigenvalue weighted by Gasteiger charge is 2.26. The fraction of sp³-hybridized carbons (Fsp3) is 0.240. The van der Waals surface area contributed by atoms with Crippen molar-refractivity contribution in [2.45, 2.75) is 36.1 Å². The third-order valence-corrected chi connectivity index (χ3v) is 8.31. The highest BCUT2D eigenvalue weighted by atomic mass is 32.2. The monoisotopic (exact) mass is 479 g/mol. The fourth-order valence-corrected chi connectivity index (χ4v) is 6.48. The quantitative estimate of drug-likeness (QED) is 0.304. The first-order valence-electron chi connectivity index (χ1n) is 10.8. The average Bonchev–Trinajstić information content (AvgIpc) is 3.21. The molecule has 5 rings (SSSR count). The molecule has 0 spiro atoms. The van der Waals surface area contributed by atoms with E-state index in [1.165, 1.54) is 40.9 Å². The van der Waals surface area contributed by atoms with Crippen LogP contribution < -0.4 is 10.9 Å². The summed E-state index contributed by atoms with van der Waals surface area (Å²) in [5.41, 5.74) is 2.39. The summed E-state index contributed by atoms with van der Waals surface area (Å²) in [6.07, 6.45) is 4.15. The SMILES string of the molecule is Cn1c(SC(C(=O)Nc2ccc(F)cc2)c2ccccc2)nc2sc3c(c2c1=O)CCCC3. The lowest BCUT2D eigenvalue weighted by atomic mass is 9.97. The lowest BCUT2D eigenvalue weighted by molar-refractivity contribution is -0.115. The van der Waals surface area contributed by atoms with Gasteiger partial charge in [0.2, 0.25) is 5.91 Å². The molecular weight excluding hydrogens is 457 g/mol. The van der Waals surface area contributed by atoms with Gasteiger partial charge < -0.3 is 5.32 Å². The summed E-state index contributed by atoms with van der Waals surface area (Å²) in [6, 6.07) is 15.0. The molecule has 0 aliphatic heterocycles. The molecule has 1 amide bonds. The van der Waals surface area contributed by atoms with Crippen molar-refractivity contribution in [3.05, 3.63) is 86.8 Å². The first-order chi connectivity index (χ1) is 16.0. The summed E-state index contributed by atoms with van der Waals surface area (Å²) in [5.74, 6) is -0.634. The van der Waals surface area contributed by atoms with Gasteiger partial charge in [-0.15, -0.1) is 11.3 Å². The number of carbonyl (C=O) groups excluding carboxylic acids is 1. The molecule has 1 N–H and O–H groups in total. The van der Waals surface area contributed by atoms with Gasteiger partial charge in [-0.25, -0.2) is 9.37 Å². The van der Waals surface area contributed by atoms with E-state index in [2.05, 4.69) is 5.32 Å². The van der Waals surface area contributed by atoms with E-state index in [9.17, 15) is 14.0 Å². The van der Waals surface area contributed by atoms with Crippen molar-refractivity contribution in [2.75, 3.05) is 5.32 Å². The molecule has 2 aromatic heterocycles. The highest BCUT2D eigenvalue weighted by molar-refractivity contribution is 8.00. The minimum Gasteiger partial charge on any atom is -0.325 e. The van der Waals surface area contributed by atoms with Gasteiger partial charge in [0.05, 0.1) is 5.39 Å². The van der Waals surface area contributed by atoms with Crippen molar-refractivity contribution in [2.24, 2.45) is 7.05 Å². The Labute approximate surface area is 198 Å². The van der Waals surface area contributed by atoms with Gasteiger partial charge in [-0.2, -0.15) is 0 Å². The second-order valence-corrected chi connectivity index (χ2v) is 10.2. The van der Waals surface area contributed by atoms with Gasteiger partial charge in [-0.3, -0.25) is 14.2 Å². The lowest BCUT2D eigenvalue weighted by Gasteiger charge is -2.18. The number of thiophene rings is 1. The smallest absolute Gasteiger partial charge is 0.262 e. The number of thioether (sulfide) groups is 1. The van der Waals surface area contributed by atoms with E-state index in [1.807, 2.05) is 30.3 Å². The van der Waals surface area contributed by atoms with Gasteiger partial charge in [-0.05, 0) is 61.1 Å². The highest BCUT2D eigenvalue weighted by Crippen LogP contribution is 2.38. The van der Waals surface area contributed by atoms with Crippen LogP contribution in [0, 0.1) is 5.82 Å². The molecule has 1 aliphatic carbocycles. The predicted molar refractivity (Wildman–Crippen MR) is 132 cm³/mol. The number of hydrogen-bond donors (Lipinski definition) is 1. The Morgan fingerprint density at radius 1 is 1.12 bits per heavy atom. The number of benzene rings is 2. The third kappa shape index (κ3) is 4.32. The van der Waals surface area contributed by atoms with E-state index >= 15 is 0 Å². The van der Waals surface area contributed by atoms with Gasteiger partial charge in [0.1, 0.15) is 15.9 Å². The van der Waals surface area contributed by atoms with E-state index in [0.717, 1.165) is 47.0 Å². The van der Waals surface area contributed by atoms with Crippen LogP contribution in [0.2, 0.25) is 0 Å². The van der Waals surface area contributed by atoms with E-state index in [-0.39, 0.29) is 17.3 Å². The van der Waals surface area contributed by atoms with Gasteiger partial charge in [0.25, 0.3) is 5.56 Å². The number of carbonyl (C=O) groups is 1. The zero-order valence-corrected chi connectivity index (χ0v) is 19.6. The second-order valence-electron chi connectivity index (χ2n) is 8.05. The largest absolute Gasteiger partial charge is 0.325 e. The molecule has 2 heterocycles. The van der Waals surface area contributed by atoms with Crippen LogP contribution in [0.3, 0.4) is 0 Å². The number of aryl methyl sites for hydroxylation is 2. The van der Waals surface area contributed by atoms with Gasteiger partial charge >= 0.3 is 0 Å². The molecule has 8 heteroatoms. The normalized spacial score (nSPS) is 14.1. The first-order valence-corrected chi connectivity index (χ1v) is 12.5. The molecule has 33 heavy (non-hydrogen) atoms. The minimum atomic E-state index is -0.638. The number of anilines is 1. The standard InChI is InChI=1S/C25H22FN3O2S2/c1-29-24(31)20-18-9-5-6-10-19(18)32-23(20)28-25(29)33-21(15-7-3-2-4-8-15)22(30)27-17-13-11-16(26)12-14-17/h2-4,7-8,11-14,21H,5-6,9-10H2,1H3,(H,27,30). The number of amides is 1. The molecule has 0 saturated carbocycles. The minimum absolute atomic E-state index is 0.0624. The van der Waals surface area contributed by atoms with Crippen molar-refractivity contribution in [3.63, 3.8) is 0 Å². The molecule has 1 aliphatic rings. The Hall–Kier alpha value is -2.97. The molecule has 0 bridgehead atoms. The number of aromatic nitrogens is 2. The van der Waals surface area contributed by atoms with Crippen molar-refractivity contribution in [3.8, 4) is 0 Å². The van der Waals surface area contributed by atoms with Crippen LogP contribution in [-0.4, -0.2) is 15.5 Å². The van der Waals surface area contributed by atoms with Gasteiger partial charge in [-0.1, -0.05) is 42.1 Å². The van der Waals surface area contributed by atoms with Crippen molar-refractivity contribution in [1.82, 2.24) is 9.55 Å². The summed E-state index contributed by atoms with van der Waals surface area (Å²) in [5, 5.41) is 3.45. The Bertz CT molecular complexity index is 1380. The Kier molecular flexibility index (Phi) is 6.03. The fourth-order valence-electron chi connectivity index (χ4n) is 4.12. The molecule has 1 atom stereocenters. The molecular formula is C25H22FN3O2S2. The summed E-state index contributed by atoms with van der Waals surface area (Å²) >= 11 is 2.84. The van der Waals surface area contributed by atoms with E-state index in [1.54, 1.807) is 23.0 Å². The van der Waals surface area contributed by atoms with Crippen LogP contribution in [0.4, 0.5) is 10.1 Å². The predicted octanol–water partition coefficient (Wildman–Crippen LogP) is 5.49. The zero-order valence-electron chi connectivity index (χ0n) is 18.0. The lowest BCUT2D eigenvalue weighted by Crippen LogP contribution is -2.23. The third-order valence-electron chi connectivity index (χ3n) is 5.83. The zero-order chi connectivity index (χ0) is 22.9. The molecule has 0 saturated heterocycles. The number of nitrogens with one attached hydrogen (secondary N) is 1. The molecule has 0 radical (unpaired) electrons. The average molecular weight is 480 g/mol. The Morgan fingerprint density at radius 2 is 1.85 bits per heavy atom. The molecule has 4 aromatic rings. The number of fused-ring (bicyclic) bond motifs is 3. The Morgan fingerprint density at radius 3 is 2.61 bits per heavy atom. The maximum atomic E-state index is 13.3. The van der Waals surface area contributed by atoms with Crippen molar-refractivity contribution in [1.29, 1.82) is 0 Å². The molecule has 168 valence electrons. The topological polar surface area (TPSA) is 64.0 Å². The summed E-state index contributed by atoms with van der Waals surface area (Å²) in [4.78, 5) is 33.4. The van der Waals surface area contributed by atoms with Gasteiger partial charge in [0, 0.05) is 17.6 Å². The maximum absolute atomic E-state index is 13.3. The van der Waals surface area contributed by atoms with Gasteiger partial charge in [0.15, 0.2) is 5.16 Å². The summed E-state index contributed by atoms with van der Waals surface area (Å²) in [7, 11) is 1.71. The maximum Gasteiger partial charge on any atom is 0.262 e. The Balaban J connectivity index is 1.52. The van der Waals surface area contributed by atoms with E-state index in [4.69, 9.17) is 4.98 Å². The molecule has 5 nitrogen and oxygen atoms in total. The number of hydrogen-bond acceptors (Lipinski definition) is 5. The molecule has 0 fully saturated rings. The van der Waals surface area contributed by atoms with Crippen LogP contribution in [0.1, 0.15) is 34.1 Å². The van der Waals surface area contributed by atoms with Crippen LogP contribution in [0.25, 0.3) is 10.2 Å². The van der Waals surface area contributed by atoms with Crippen LogP contribution in [0.15, 0.2) is 64.5 Å². The number of halogens is 1. The van der Waals surface area contributed by atoms with E-state index in [0.29, 0.717) is 10.8 Å². The summed E-state index contributed by atoms with van der Waals surface area (Å²) in [6.45, 7) is 0. The summed E-state index contributed by atoms with van der Waals surface area (Å²) < 4.78 is 14.8. The molecule has 1 unspecified atom stereocenters. The number of rotatable bonds is 5. The van der Waals surface area contributed by atoms with Crippen molar-refractivity contribution < 1.29 is 9.18 Å². The van der Waals surface area contributed by atoms with Crippen LogP contribution in [-0.2, 0) is 24.7 Å². The van der Waals surface area contributed by atoms with Crippen LogP contribution >= 0.6 is 23.1 Å². The second kappa shape index (κ2) is 9.11. The number of nitrogens with zero attached hydrogens (tertiary/aromatic N) is 2. The van der Waals surface area contributed by atoms with E-state index < -0.39 is 5.25 Å². The first kappa shape index (κ1) is 21.9. The van der Waals surface area contributed by atoms with Crippen LogP contribution in [0.5, 0.6) is 0 Å².